The van der Waals surface area contributed by atoms with E-state index in [1.54, 1.807) is 13.8 Å². The van der Waals surface area contributed by atoms with Gasteiger partial charge in [0.15, 0.2) is 0 Å². The van der Waals surface area contributed by atoms with Crippen molar-refractivity contribution in [2.24, 2.45) is 11.8 Å². The molecule has 3 heteroatoms. The van der Waals surface area contributed by atoms with Crippen molar-refractivity contribution in [3.05, 3.63) is 0 Å². The Morgan fingerprint density at radius 3 is 1.56 bits per heavy atom. The molecule has 0 saturated carbocycles. The van der Waals surface area contributed by atoms with Crippen LogP contribution in [0.25, 0.3) is 0 Å². The smallest absolute Gasteiger partial charge is 0.230 e. The van der Waals surface area contributed by atoms with Crippen molar-refractivity contribution >= 4 is 11.8 Å². The molecule has 1 saturated heterocycles. The molecule has 0 aliphatic carbocycles. The van der Waals surface area contributed by atoms with E-state index in [1.165, 1.54) is 0 Å². The minimum atomic E-state index is -0.146. The molecule has 0 radical (unpaired) electrons. The maximum Gasteiger partial charge on any atom is 0.230 e. The van der Waals surface area contributed by atoms with E-state index in [9.17, 15) is 9.59 Å². The van der Waals surface area contributed by atoms with Gasteiger partial charge >= 0.3 is 0 Å². The molecule has 0 unspecified atom stereocenters. The van der Waals surface area contributed by atoms with Gasteiger partial charge in [-0.15, -0.1) is 0 Å². The average molecular weight is 127 g/mol. The summed E-state index contributed by atoms with van der Waals surface area (Å²) in [7, 11) is 0. The molecule has 1 heterocycles. The summed E-state index contributed by atoms with van der Waals surface area (Å²) in [6.45, 7) is 3.51. The molecular weight excluding hydrogens is 118 g/mol. The van der Waals surface area contributed by atoms with Crippen molar-refractivity contribution < 1.29 is 9.59 Å². The molecule has 1 rings (SSSR count). The van der Waals surface area contributed by atoms with Crippen molar-refractivity contribution in [3.8, 4) is 0 Å². The quantitative estimate of drug-likeness (QED) is 0.462. The Bertz CT molecular complexity index is 146. The second-order valence-electron chi connectivity index (χ2n) is 2.43. The van der Waals surface area contributed by atoms with Crippen LogP contribution in [-0.2, 0) is 9.59 Å². The van der Waals surface area contributed by atoms with E-state index in [0.717, 1.165) is 0 Å². The number of nitrogens with one attached hydrogen (secondary N) is 1. The predicted octanol–water partition coefficient (Wildman–Crippen LogP) is -0.0850. The minimum absolute atomic E-state index is 0.141. The highest BCUT2D eigenvalue weighted by atomic mass is 16.2. The normalized spacial score (nSPS) is 34.9. The Balaban J connectivity index is 2.77. The van der Waals surface area contributed by atoms with Crippen LogP contribution in [0.1, 0.15) is 13.8 Å². The van der Waals surface area contributed by atoms with Crippen LogP contribution in [0.3, 0.4) is 0 Å². The zero-order chi connectivity index (χ0) is 7.02. The lowest BCUT2D eigenvalue weighted by Gasteiger charge is -1.99. The molecule has 50 valence electrons. The van der Waals surface area contributed by atoms with Crippen LogP contribution in [0.2, 0.25) is 0 Å². The second kappa shape index (κ2) is 1.83. The molecule has 0 aromatic heterocycles. The maximum absolute atomic E-state index is 10.7. The molecule has 2 amide bonds. The van der Waals surface area contributed by atoms with Gasteiger partial charge in [0.1, 0.15) is 0 Å². The molecule has 2 atom stereocenters. The highest BCUT2D eigenvalue weighted by Crippen LogP contribution is 2.16. The summed E-state index contributed by atoms with van der Waals surface area (Å²) in [5.74, 6) is -0.574. The third-order valence-corrected chi connectivity index (χ3v) is 1.82. The summed E-state index contributed by atoms with van der Waals surface area (Å²) < 4.78 is 0. The number of amides is 2. The Kier molecular flexibility index (Phi) is 1.27. The summed E-state index contributed by atoms with van der Waals surface area (Å²) in [5.41, 5.74) is 0. The number of carbonyl (C=O) groups is 2. The van der Waals surface area contributed by atoms with Gasteiger partial charge in [-0.3, -0.25) is 14.9 Å². The van der Waals surface area contributed by atoms with Crippen LogP contribution in [-0.4, -0.2) is 11.8 Å². The average Bonchev–Trinajstić information content (AvgIpc) is 1.98. The summed E-state index contributed by atoms with van der Waals surface area (Å²) in [5, 5.41) is 2.24. The number of carbonyl (C=O) groups excluding carboxylic acids is 2. The fourth-order valence-electron chi connectivity index (χ4n) is 0.803. The Hall–Kier alpha value is -0.860. The van der Waals surface area contributed by atoms with Crippen molar-refractivity contribution in [2.45, 2.75) is 13.8 Å². The first-order chi connectivity index (χ1) is 4.13. The van der Waals surface area contributed by atoms with Gasteiger partial charge in [0.2, 0.25) is 11.8 Å². The molecule has 0 aromatic carbocycles. The number of hydrogen-bond acceptors (Lipinski definition) is 2. The first kappa shape index (κ1) is 6.26. The topological polar surface area (TPSA) is 46.2 Å². The van der Waals surface area contributed by atoms with Crippen molar-refractivity contribution in [1.82, 2.24) is 5.32 Å². The zero-order valence-electron chi connectivity index (χ0n) is 5.47. The van der Waals surface area contributed by atoms with Crippen molar-refractivity contribution in [2.75, 3.05) is 0 Å². The van der Waals surface area contributed by atoms with Gasteiger partial charge in [-0.25, -0.2) is 0 Å². The zero-order valence-corrected chi connectivity index (χ0v) is 5.47. The third-order valence-electron chi connectivity index (χ3n) is 1.82. The molecule has 0 aromatic rings. The van der Waals surface area contributed by atoms with Crippen LogP contribution in [0.5, 0.6) is 0 Å². The fourth-order valence-corrected chi connectivity index (χ4v) is 0.803. The molecule has 1 fully saturated rings. The van der Waals surface area contributed by atoms with E-state index in [2.05, 4.69) is 5.32 Å². The molecule has 1 aliphatic heterocycles. The van der Waals surface area contributed by atoms with Gasteiger partial charge in [-0.1, -0.05) is 13.8 Å². The lowest BCUT2D eigenvalue weighted by molar-refractivity contribution is -0.126. The lowest BCUT2D eigenvalue weighted by atomic mass is 10.00. The standard InChI is InChI=1S/C6H9NO2/c1-3-4(2)6(9)7-5(3)8/h3-4H,1-2H3,(H,7,8,9)/t3-,4+. The minimum Gasteiger partial charge on any atom is -0.296 e. The third kappa shape index (κ3) is 0.823. The summed E-state index contributed by atoms with van der Waals surface area (Å²) in [4.78, 5) is 21.3. The predicted molar refractivity (Wildman–Crippen MR) is 31.5 cm³/mol. The van der Waals surface area contributed by atoms with Crippen LogP contribution >= 0.6 is 0 Å². The van der Waals surface area contributed by atoms with Crippen LogP contribution in [0.4, 0.5) is 0 Å². The molecule has 1 N–H and O–H groups in total. The van der Waals surface area contributed by atoms with Gasteiger partial charge in [-0.05, 0) is 0 Å². The van der Waals surface area contributed by atoms with E-state index in [1.807, 2.05) is 0 Å². The highest BCUT2D eigenvalue weighted by Gasteiger charge is 2.34. The molecular formula is C6H9NO2. The SMILES string of the molecule is C[C@@H]1C(=O)NC(=O)[C@@H]1C. The van der Waals surface area contributed by atoms with E-state index in [-0.39, 0.29) is 23.7 Å². The van der Waals surface area contributed by atoms with Crippen molar-refractivity contribution in [3.63, 3.8) is 0 Å². The second-order valence-corrected chi connectivity index (χ2v) is 2.43. The fraction of sp³-hybridized carbons (Fsp3) is 0.667. The van der Waals surface area contributed by atoms with Crippen LogP contribution in [0.15, 0.2) is 0 Å². The molecule has 9 heavy (non-hydrogen) atoms. The maximum atomic E-state index is 10.7. The van der Waals surface area contributed by atoms with E-state index < -0.39 is 0 Å². The molecule has 0 spiro atoms. The summed E-state index contributed by atoms with van der Waals surface area (Å²) >= 11 is 0. The Morgan fingerprint density at radius 1 is 1.11 bits per heavy atom. The number of hydrogen-bond donors (Lipinski definition) is 1. The monoisotopic (exact) mass is 127 g/mol. The number of imide groups is 1. The Morgan fingerprint density at radius 2 is 1.44 bits per heavy atom. The Labute approximate surface area is 53.4 Å². The number of rotatable bonds is 0. The van der Waals surface area contributed by atoms with Crippen LogP contribution in [0, 0.1) is 11.8 Å². The lowest BCUT2D eigenvalue weighted by Crippen LogP contribution is -2.21. The van der Waals surface area contributed by atoms with E-state index in [0.29, 0.717) is 0 Å². The van der Waals surface area contributed by atoms with Gasteiger partial charge in [-0.2, -0.15) is 0 Å². The first-order valence-electron chi connectivity index (χ1n) is 2.97. The van der Waals surface area contributed by atoms with E-state index >= 15 is 0 Å². The van der Waals surface area contributed by atoms with Gasteiger partial charge in [0.05, 0.1) is 0 Å². The van der Waals surface area contributed by atoms with E-state index in [4.69, 9.17) is 0 Å². The molecule has 0 bridgehead atoms. The van der Waals surface area contributed by atoms with Gasteiger partial charge in [0.25, 0.3) is 0 Å². The van der Waals surface area contributed by atoms with Crippen LogP contribution < -0.4 is 5.32 Å². The first-order valence-corrected chi connectivity index (χ1v) is 2.97. The van der Waals surface area contributed by atoms with Gasteiger partial charge < -0.3 is 0 Å². The largest absolute Gasteiger partial charge is 0.296 e. The highest BCUT2D eigenvalue weighted by molar-refractivity contribution is 6.04. The summed E-state index contributed by atoms with van der Waals surface area (Å²) in [6, 6.07) is 0. The summed E-state index contributed by atoms with van der Waals surface area (Å²) in [6.07, 6.45) is 0. The molecule has 3 nitrogen and oxygen atoms in total. The van der Waals surface area contributed by atoms with Crippen molar-refractivity contribution in [1.29, 1.82) is 0 Å². The van der Waals surface area contributed by atoms with Gasteiger partial charge in [0, 0.05) is 11.8 Å². The molecule has 1 aliphatic rings.